The summed E-state index contributed by atoms with van der Waals surface area (Å²) >= 11 is 0. The lowest BCUT2D eigenvalue weighted by Crippen LogP contribution is -2.24. The van der Waals surface area contributed by atoms with Crippen LogP contribution in [-0.2, 0) is 6.54 Å². The molecular formula is C22H24N4O. The number of carbonyl (C=O) groups is 1. The zero-order valence-electron chi connectivity index (χ0n) is 15.9. The van der Waals surface area contributed by atoms with Crippen LogP contribution in [0.2, 0.25) is 0 Å². The first-order valence-electron chi connectivity index (χ1n) is 8.86. The van der Waals surface area contributed by atoms with Crippen molar-refractivity contribution in [3.63, 3.8) is 0 Å². The van der Waals surface area contributed by atoms with E-state index in [9.17, 15) is 4.79 Å². The average Bonchev–Trinajstić information content (AvgIpc) is 2.68. The van der Waals surface area contributed by atoms with Gasteiger partial charge in [0.1, 0.15) is 5.69 Å². The Bertz CT molecular complexity index is 902. The van der Waals surface area contributed by atoms with E-state index in [1.54, 1.807) is 12.3 Å². The highest BCUT2D eigenvalue weighted by molar-refractivity contribution is 5.92. The van der Waals surface area contributed by atoms with Gasteiger partial charge in [-0.3, -0.25) is 4.79 Å². The number of benzene rings is 2. The molecule has 5 nitrogen and oxygen atoms in total. The predicted molar refractivity (Wildman–Crippen MR) is 111 cm³/mol. The number of aryl methyl sites for hydroxylation is 1. The third kappa shape index (κ3) is 4.85. The van der Waals surface area contributed by atoms with Gasteiger partial charge >= 0.3 is 0 Å². The highest BCUT2D eigenvalue weighted by Crippen LogP contribution is 2.19. The quantitative estimate of drug-likeness (QED) is 0.694. The molecule has 5 heteroatoms. The molecular weight excluding hydrogens is 336 g/mol. The van der Waals surface area contributed by atoms with Crippen LogP contribution in [-0.4, -0.2) is 25.0 Å². The highest BCUT2D eigenvalue weighted by atomic mass is 16.1. The summed E-state index contributed by atoms with van der Waals surface area (Å²) in [6, 6.07) is 19.7. The molecule has 3 aromatic rings. The number of rotatable bonds is 6. The maximum absolute atomic E-state index is 12.3. The molecule has 0 atom stereocenters. The van der Waals surface area contributed by atoms with E-state index in [0.29, 0.717) is 12.2 Å². The van der Waals surface area contributed by atoms with Crippen LogP contribution in [0.25, 0.3) is 0 Å². The number of aromatic nitrogens is 1. The summed E-state index contributed by atoms with van der Waals surface area (Å²) in [5.41, 5.74) is 5.61. The molecule has 0 radical (unpaired) electrons. The maximum atomic E-state index is 12.3. The standard InChI is InChI=1S/C22H24N4O/c1-16-6-4-5-7-17(16)14-24-22(27)21-13-10-19(15-23-21)25-18-8-11-20(12-9-18)26(2)3/h4-13,15,25H,14H2,1-3H3,(H,24,27). The number of hydrogen-bond donors (Lipinski definition) is 2. The molecule has 2 aromatic carbocycles. The van der Waals surface area contributed by atoms with Crippen molar-refractivity contribution in [2.75, 3.05) is 24.3 Å². The Hall–Kier alpha value is -3.34. The minimum atomic E-state index is -0.180. The topological polar surface area (TPSA) is 57.3 Å². The Balaban J connectivity index is 1.59. The van der Waals surface area contributed by atoms with Crippen molar-refractivity contribution in [1.82, 2.24) is 10.3 Å². The number of pyridine rings is 1. The number of nitrogens with one attached hydrogen (secondary N) is 2. The molecule has 1 aromatic heterocycles. The smallest absolute Gasteiger partial charge is 0.270 e. The molecule has 0 spiro atoms. The lowest BCUT2D eigenvalue weighted by atomic mass is 10.1. The first-order chi connectivity index (χ1) is 13.0. The van der Waals surface area contributed by atoms with Gasteiger partial charge in [0.25, 0.3) is 5.91 Å². The van der Waals surface area contributed by atoms with Crippen LogP contribution < -0.4 is 15.5 Å². The van der Waals surface area contributed by atoms with Crippen molar-refractivity contribution in [3.05, 3.63) is 83.7 Å². The largest absolute Gasteiger partial charge is 0.378 e. The maximum Gasteiger partial charge on any atom is 0.270 e. The molecule has 0 saturated heterocycles. The normalized spacial score (nSPS) is 10.3. The van der Waals surface area contributed by atoms with Crippen LogP contribution >= 0.6 is 0 Å². The molecule has 1 amide bonds. The molecule has 1 heterocycles. The number of nitrogens with zero attached hydrogens (tertiary/aromatic N) is 2. The lowest BCUT2D eigenvalue weighted by molar-refractivity contribution is 0.0946. The van der Waals surface area contributed by atoms with Crippen LogP contribution in [0, 0.1) is 6.92 Å². The van der Waals surface area contributed by atoms with Crippen molar-refractivity contribution in [2.24, 2.45) is 0 Å². The first kappa shape index (κ1) is 18.5. The summed E-state index contributed by atoms with van der Waals surface area (Å²) in [6.45, 7) is 2.52. The van der Waals surface area contributed by atoms with E-state index in [-0.39, 0.29) is 5.91 Å². The molecule has 27 heavy (non-hydrogen) atoms. The molecule has 2 N–H and O–H groups in total. The minimum absolute atomic E-state index is 0.180. The second-order valence-electron chi connectivity index (χ2n) is 6.61. The Morgan fingerprint density at radius 2 is 1.67 bits per heavy atom. The molecule has 0 bridgehead atoms. The fraction of sp³-hybridized carbons (Fsp3) is 0.182. The summed E-state index contributed by atoms with van der Waals surface area (Å²) in [5, 5.41) is 6.20. The van der Waals surface area contributed by atoms with Gasteiger partial charge in [-0.2, -0.15) is 0 Å². The van der Waals surface area contributed by atoms with Gasteiger partial charge in [-0.25, -0.2) is 4.98 Å². The molecule has 3 rings (SSSR count). The summed E-state index contributed by atoms with van der Waals surface area (Å²) in [7, 11) is 4.02. The zero-order chi connectivity index (χ0) is 19.2. The Labute approximate surface area is 160 Å². The van der Waals surface area contributed by atoms with Gasteiger partial charge in [-0.15, -0.1) is 0 Å². The van der Waals surface area contributed by atoms with Gasteiger partial charge in [-0.05, 0) is 54.4 Å². The Morgan fingerprint density at radius 1 is 0.963 bits per heavy atom. The average molecular weight is 360 g/mol. The SMILES string of the molecule is Cc1ccccc1CNC(=O)c1ccc(Nc2ccc(N(C)C)cc2)cn1. The highest BCUT2D eigenvalue weighted by Gasteiger charge is 2.08. The van der Waals surface area contributed by atoms with E-state index < -0.39 is 0 Å². The fourth-order valence-corrected chi connectivity index (χ4v) is 2.69. The van der Waals surface area contributed by atoms with Crippen LogP contribution in [0.15, 0.2) is 66.9 Å². The monoisotopic (exact) mass is 360 g/mol. The van der Waals surface area contributed by atoms with Gasteiger partial charge in [-0.1, -0.05) is 24.3 Å². The van der Waals surface area contributed by atoms with Gasteiger partial charge in [0.05, 0.1) is 11.9 Å². The van der Waals surface area contributed by atoms with E-state index in [0.717, 1.165) is 28.2 Å². The Morgan fingerprint density at radius 3 is 2.30 bits per heavy atom. The van der Waals surface area contributed by atoms with Crippen LogP contribution in [0.5, 0.6) is 0 Å². The third-order valence-electron chi connectivity index (χ3n) is 4.37. The van der Waals surface area contributed by atoms with Crippen molar-refractivity contribution in [2.45, 2.75) is 13.5 Å². The van der Waals surface area contributed by atoms with E-state index in [4.69, 9.17) is 0 Å². The number of anilines is 3. The van der Waals surface area contributed by atoms with Gasteiger partial charge in [0, 0.05) is 32.0 Å². The van der Waals surface area contributed by atoms with Crippen LogP contribution in [0.3, 0.4) is 0 Å². The van der Waals surface area contributed by atoms with Gasteiger partial charge in [0.2, 0.25) is 0 Å². The summed E-state index contributed by atoms with van der Waals surface area (Å²) in [6.07, 6.45) is 1.67. The molecule has 0 aliphatic heterocycles. The van der Waals surface area contributed by atoms with Crippen LogP contribution in [0.1, 0.15) is 21.6 Å². The lowest BCUT2D eigenvalue weighted by Gasteiger charge is -2.13. The molecule has 0 saturated carbocycles. The van der Waals surface area contributed by atoms with E-state index in [1.165, 1.54) is 0 Å². The van der Waals surface area contributed by atoms with Gasteiger partial charge < -0.3 is 15.5 Å². The summed E-state index contributed by atoms with van der Waals surface area (Å²) in [4.78, 5) is 18.6. The molecule has 0 fully saturated rings. The summed E-state index contributed by atoms with van der Waals surface area (Å²) in [5.74, 6) is -0.180. The van der Waals surface area contributed by atoms with Crippen molar-refractivity contribution in [3.8, 4) is 0 Å². The Kier molecular flexibility index (Phi) is 5.71. The number of amides is 1. The first-order valence-corrected chi connectivity index (χ1v) is 8.86. The summed E-state index contributed by atoms with van der Waals surface area (Å²) < 4.78 is 0. The third-order valence-corrected chi connectivity index (χ3v) is 4.37. The second-order valence-corrected chi connectivity index (χ2v) is 6.61. The molecule has 0 aliphatic rings. The fourth-order valence-electron chi connectivity index (χ4n) is 2.69. The van der Waals surface area contributed by atoms with Crippen molar-refractivity contribution >= 4 is 23.0 Å². The van der Waals surface area contributed by atoms with Gasteiger partial charge in [0.15, 0.2) is 0 Å². The molecule has 0 aliphatic carbocycles. The number of carbonyl (C=O) groups excluding carboxylic acids is 1. The number of hydrogen-bond acceptors (Lipinski definition) is 4. The van der Waals surface area contributed by atoms with Crippen LogP contribution in [0.4, 0.5) is 17.1 Å². The van der Waals surface area contributed by atoms with Crippen molar-refractivity contribution < 1.29 is 4.79 Å². The van der Waals surface area contributed by atoms with Crippen molar-refractivity contribution in [1.29, 1.82) is 0 Å². The minimum Gasteiger partial charge on any atom is -0.378 e. The zero-order valence-corrected chi connectivity index (χ0v) is 15.9. The molecule has 0 unspecified atom stereocenters. The van der Waals surface area contributed by atoms with E-state index in [1.807, 2.05) is 75.6 Å². The second kappa shape index (κ2) is 8.36. The molecule has 138 valence electrons. The predicted octanol–water partition coefficient (Wildman–Crippen LogP) is 4.13. The van der Waals surface area contributed by atoms with E-state index in [2.05, 4.69) is 20.5 Å². The van der Waals surface area contributed by atoms with E-state index >= 15 is 0 Å².